The Balaban J connectivity index is 1.61. The Hall–Kier alpha value is -3.74. The third kappa shape index (κ3) is 4.26. The van der Waals surface area contributed by atoms with Gasteiger partial charge in [0.25, 0.3) is 0 Å². The maximum atomic E-state index is 13.9. The number of para-hydroxylation sites is 1. The Labute approximate surface area is 180 Å². The largest absolute Gasteiger partial charge is 0.342 e. The number of carbonyl (C=O) groups is 1. The molecule has 0 spiro atoms. The lowest BCUT2D eigenvalue weighted by Gasteiger charge is -2.19. The number of imidazole rings is 1. The van der Waals surface area contributed by atoms with Gasteiger partial charge in [-0.25, -0.2) is 14.1 Å². The van der Waals surface area contributed by atoms with Crippen molar-refractivity contribution < 1.29 is 9.18 Å². The van der Waals surface area contributed by atoms with Crippen LogP contribution < -0.4 is 5.32 Å². The summed E-state index contributed by atoms with van der Waals surface area (Å²) < 4.78 is 17.5. The predicted molar refractivity (Wildman–Crippen MR) is 116 cm³/mol. The molecule has 158 valence electrons. The zero-order valence-electron chi connectivity index (χ0n) is 17.7. The summed E-state index contributed by atoms with van der Waals surface area (Å²) in [4.78, 5) is 17.4. The fourth-order valence-electron chi connectivity index (χ4n) is 3.76. The summed E-state index contributed by atoms with van der Waals surface area (Å²) in [6.45, 7) is 3.86. The van der Waals surface area contributed by atoms with Crippen molar-refractivity contribution >= 4 is 5.91 Å². The molecule has 0 aliphatic carbocycles. The van der Waals surface area contributed by atoms with Crippen LogP contribution in [0.2, 0.25) is 0 Å². The van der Waals surface area contributed by atoms with Gasteiger partial charge in [-0.05, 0) is 43.7 Å². The van der Waals surface area contributed by atoms with Gasteiger partial charge in [-0.3, -0.25) is 4.79 Å². The number of benzene rings is 2. The van der Waals surface area contributed by atoms with Gasteiger partial charge in [0.15, 0.2) is 0 Å². The molecule has 2 heterocycles. The van der Waals surface area contributed by atoms with Crippen molar-refractivity contribution in [1.29, 1.82) is 0 Å². The molecule has 0 saturated heterocycles. The van der Waals surface area contributed by atoms with Crippen LogP contribution >= 0.6 is 0 Å². The summed E-state index contributed by atoms with van der Waals surface area (Å²) in [5.74, 6) is 0.0882. The molecule has 7 heteroatoms. The van der Waals surface area contributed by atoms with Gasteiger partial charge in [-0.15, -0.1) is 0 Å². The fourth-order valence-corrected chi connectivity index (χ4v) is 3.76. The molecule has 0 bridgehead atoms. The van der Waals surface area contributed by atoms with E-state index in [9.17, 15) is 9.18 Å². The molecule has 0 aliphatic rings. The first-order valence-corrected chi connectivity index (χ1v) is 10.1. The number of hydrogen-bond acceptors (Lipinski definition) is 3. The van der Waals surface area contributed by atoms with E-state index in [1.165, 1.54) is 12.1 Å². The Kier molecular flexibility index (Phi) is 5.66. The quantitative estimate of drug-likeness (QED) is 0.519. The number of nitrogens with zero attached hydrogens (tertiary/aromatic N) is 4. The molecule has 1 amide bonds. The van der Waals surface area contributed by atoms with Crippen molar-refractivity contribution in [3.63, 3.8) is 0 Å². The highest BCUT2D eigenvalue weighted by atomic mass is 19.1. The molecule has 0 fully saturated rings. The summed E-state index contributed by atoms with van der Waals surface area (Å²) in [6.07, 6.45) is 3.62. The van der Waals surface area contributed by atoms with E-state index in [1.54, 1.807) is 24.5 Å². The fraction of sp³-hybridized carbons (Fsp3) is 0.208. The van der Waals surface area contributed by atoms with Crippen LogP contribution in [0, 0.1) is 19.7 Å². The highest BCUT2D eigenvalue weighted by molar-refractivity contribution is 5.80. The molecule has 2 aromatic carbocycles. The Morgan fingerprint density at radius 1 is 1.13 bits per heavy atom. The van der Waals surface area contributed by atoms with Crippen LogP contribution in [0.4, 0.5) is 4.39 Å². The summed E-state index contributed by atoms with van der Waals surface area (Å²) in [5.41, 5.74) is 4.17. The molecule has 1 atom stereocenters. The van der Waals surface area contributed by atoms with E-state index >= 15 is 0 Å². The Morgan fingerprint density at radius 3 is 2.58 bits per heavy atom. The van der Waals surface area contributed by atoms with Crippen molar-refractivity contribution in [2.24, 2.45) is 7.05 Å². The van der Waals surface area contributed by atoms with Gasteiger partial charge >= 0.3 is 0 Å². The smallest absolute Gasteiger partial charge is 0.225 e. The number of nitrogens with one attached hydrogen (secondary N) is 1. The second-order valence-electron chi connectivity index (χ2n) is 7.53. The molecular formula is C24H24FN5O. The minimum Gasteiger partial charge on any atom is -0.342 e. The van der Waals surface area contributed by atoms with E-state index in [2.05, 4.69) is 15.4 Å². The van der Waals surface area contributed by atoms with Crippen LogP contribution in [-0.2, 0) is 18.3 Å². The molecule has 4 aromatic rings. The average Bonchev–Trinajstić information content (AvgIpc) is 3.30. The Bertz CT molecular complexity index is 1210. The number of aryl methyl sites for hydroxylation is 2. The third-order valence-corrected chi connectivity index (χ3v) is 5.38. The number of amides is 1. The minimum absolute atomic E-state index is 0.167. The van der Waals surface area contributed by atoms with E-state index in [-0.39, 0.29) is 18.1 Å². The van der Waals surface area contributed by atoms with Crippen LogP contribution in [0.1, 0.15) is 34.4 Å². The van der Waals surface area contributed by atoms with Gasteiger partial charge in [0.2, 0.25) is 5.91 Å². The zero-order chi connectivity index (χ0) is 22.0. The van der Waals surface area contributed by atoms with E-state index in [4.69, 9.17) is 0 Å². The van der Waals surface area contributed by atoms with Crippen molar-refractivity contribution in [1.82, 2.24) is 24.6 Å². The summed E-state index contributed by atoms with van der Waals surface area (Å²) >= 11 is 0. The normalized spacial score (nSPS) is 12.0. The Morgan fingerprint density at radius 2 is 1.90 bits per heavy atom. The van der Waals surface area contributed by atoms with Crippen LogP contribution in [-0.4, -0.2) is 25.2 Å². The van der Waals surface area contributed by atoms with E-state index in [0.717, 1.165) is 22.6 Å². The van der Waals surface area contributed by atoms with E-state index in [0.29, 0.717) is 11.4 Å². The molecular weight excluding hydrogens is 393 g/mol. The van der Waals surface area contributed by atoms with Crippen LogP contribution in [0.5, 0.6) is 0 Å². The van der Waals surface area contributed by atoms with Crippen LogP contribution in [0.25, 0.3) is 5.69 Å². The molecule has 4 rings (SSSR count). The summed E-state index contributed by atoms with van der Waals surface area (Å²) in [5, 5.41) is 7.65. The second-order valence-corrected chi connectivity index (χ2v) is 7.53. The highest BCUT2D eigenvalue weighted by Gasteiger charge is 2.23. The highest BCUT2D eigenvalue weighted by Crippen LogP contribution is 2.23. The lowest BCUT2D eigenvalue weighted by atomic mass is 10.0. The number of rotatable bonds is 6. The number of halogens is 1. The first-order valence-electron chi connectivity index (χ1n) is 10.1. The van der Waals surface area contributed by atoms with Gasteiger partial charge in [-0.1, -0.05) is 30.3 Å². The van der Waals surface area contributed by atoms with Crippen molar-refractivity contribution in [3.8, 4) is 5.69 Å². The molecule has 0 aliphatic heterocycles. The van der Waals surface area contributed by atoms with Gasteiger partial charge in [0, 0.05) is 30.7 Å². The molecule has 2 aromatic heterocycles. The third-order valence-electron chi connectivity index (χ3n) is 5.38. The molecule has 31 heavy (non-hydrogen) atoms. The molecule has 0 radical (unpaired) electrons. The number of hydrogen-bond donors (Lipinski definition) is 1. The van der Waals surface area contributed by atoms with Gasteiger partial charge < -0.3 is 9.88 Å². The van der Waals surface area contributed by atoms with Gasteiger partial charge in [-0.2, -0.15) is 5.10 Å². The number of aromatic nitrogens is 4. The zero-order valence-corrected chi connectivity index (χ0v) is 17.7. The monoisotopic (exact) mass is 417 g/mol. The number of carbonyl (C=O) groups excluding carboxylic acids is 1. The second kappa shape index (κ2) is 8.55. The molecule has 6 nitrogen and oxygen atoms in total. The standard InChI is InChI=1S/C24H24FN5O/c1-16-21(17(2)30(28-16)20-10-5-4-6-11-20)15-22(31)27-23(24-26-12-13-29(24)3)18-8-7-9-19(25)14-18/h4-14,23H,15H2,1-3H3,(H,27,31). The first-order chi connectivity index (χ1) is 14.9. The lowest BCUT2D eigenvalue weighted by molar-refractivity contribution is -0.121. The van der Waals surface area contributed by atoms with Gasteiger partial charge in [0.1, 0.15) is 17.7 Å². The topological polar surface area (TPSA) is 64.7 Å². The minimum atomic E-state index is -0.562. The molecule has 1 N–H and O–H groups in total. The predicted octanol–water partition coefficient (Wildman–Crippen LogP) is 3.81. The van der Waals surface area contributed by atoms with Crippen LogP contribution in [0.15, 0.2) is 67.0 Å². The summed E-state index contributed by atoms with van der Waals surface area (Å²) in [7, 11) is 1.85. The van der Waals surface area contributed by atoms with Crippen LogP contribution in [0.3, 0.4) is 0 Å². The molecule has 1 unspecified atom stereocenters. The lowest BCUT2D eigenvalue weighted by Crippen LogP contribution is -2.32. The molecule has 0 saturated carbocycles. The SMILES string of the molecule is Cc1nn(-c2ccccc2)c(C)c1CC(=O)NC(c1cccc(F)c1)c1nccn1C. The maximum Gasteiger partial charge on any atom is 0.225 e. The maximum absolute atomic E-state index is 13.9. The van der Waals surface area contributed by atoms with Crippen molar-refractivity contribution in [2.45, 2.75) is 26.3 Å². The van der Waals surface area contributed by atoms with Crippen molar-refractivity contribution in [3.05, 3.63) is 101 Å². The summed E-state index contributed by atoms with van der Waals surface area (Å²) in [6, 6.07) is 15.5. The first kappa shape index (κ1) is 20.5. The van der Waals surface area contributed by atoms with Gasteiger partial charge in [0.05, 0.1) is 17.8 Å². The van der Waals surface area contributed by atoms with E-state index in [1.807, 2.05) is 60.5 Å². The van der Waals surface area contributed by atoms with Crippen molar-refractivity contribution in [2.75, 3.05) is 0 Å². The van der Waals surface area contributed by atoms with E-state index < -0.39 is 6.04 Å². The average molecular weight is 417 g/mol.